The Kier molecular flexibility index (Phi) is 10.3. The highest BCUT2D eigenvalue weighted by Gasteiger charge is 2.44. The Morgan fingerprint density at radius 3 is 2.26 bits per heavy atom. The first kappa shape index (κ1) is 31.2. The molecule has 0 aliphatic carbocycles. The van der Waals surface area contributed by atoms with E-state index < -0.39 is 23.5 Å². The van der Waals surface area contributed by atoms with Crippen molar-refractivity contribution in [2.24, 2.45) is 5.92 Å². The highest BCUT2D eigenvalue weighted by molar-refractivity contribution is 6.46. The fourth-order valence-corrected chi connectivity index (χ4v) is 5.48. The van der Waals surface area contributed by atoms with Gasteiger partial charge in [0.15, 0.2) is 11.5 Å². The topological polar surface area (TPSA) is 111 Å². The van der Waals surface area contributed by atoms with E-state index in [2.05, 4.69) is 13.8 Å². The molecule has 2 heterocycles. The molecule has 2 aliphatic rings. The van der Waals surface area contributed by atoms with Crippen LogP contribution in [-0.2, 0) is 14.3 Å². The molecule has 2 aromatic carbocycles. The lowest BCUT2D eigenvalue weighted by atomic mass is 9.94. The van der Waals surface area contributed by atoms with E-state index in [9.17, 15) is 14.7 Å². The van der Waals surface area contributed by atoms with Gasteiger partial charge in [0.1, 0.15) is 18.8 Å². The van der Waals surface area contributed by atoms with E-state index in [1.807, 2.05) is 6.92 Å². The zero-order chi connectivity index (χ0) is 30.4. The molecule has 2 aromatic rings. The van der Waals surface area contributed by atoms with Crippen LogP contribution < -0.4 is 29.0 Å². The van der Waals surface area contributed by atoms with Crippen LogP contribution in [0.1, 0.15) is 43.0 Å². The highest BCUT2D eigenvalue weighted by Crippen LogP contribution is 2.45. The van der Waals surface area contributed by atoms with Crippen molar-refractivity contribution < 1.29 is 43.3 Å². The van der Waals surface area contributed by atoms with Gasteiger partial charge in [0.2, 0.25) is 11.5 Å². The average Bonchev–Trinajstić information content (AvgIpc) is 3.24. The number of aryl methyl sites for hydroxylation is 1. The summed E-state index contributed by atoms with van der Waals surface area (Å²) >= 11 is 0. The summed E-state index contributed by atoms with van der Waals surface area (Å²) in [7, 11) is 4.49. The van der Waals surface area contributed by atoms with Gasteiger partial charge in [-0.2, -0.15) is 0 Å². The highest BCUT2D eigenvalue weighted by atomic mass is 16.5. The summed E-state index contributed by atoms with van der Waals surface area (Å²) in [5, 5.41) is 14.0. The first-order valence-electron chi connectivity index (χ1n) is 14.4. The van der Waals surface area contributed by atoms with Crippen LogP contribution in [0.3, 0.4) is 0 Å². The van der Waals surface area contributed by atoms with Gasteiger partial charge >= 0.3 is 0 Å². The number of benzene rings is 2. The lowest BCUT2D eigenvalue weighted by molar-refractivity contribution is -0.908. The fraction of sp³-hybridized carbons (Fsp3) is 0.500. The maximum Gasteiger partial charge on any atom is 0.295 e. The molecule has 2 aliphatic heterocycles. The Balaban J connectivity index is 1.77. The zero-order valence-electron chi connectivity index (χ0n) is 25.4. The predicted octanol–water partition coefficient (Wildman–Crippen LogP) is 1.58. The molecule has 10 heteroatoms. The second kappa shape index (κ2) is 13.9. The van der Waals surface area contributed by atoms with E-state index >= 15 is 0 Å². The molecule has 0 bridgehead atoms. The largest absolute Gasteiger partial charge is 0.872 e. The summed E-state index contributed by atoms with van der Waals surface area (Å²) in [4.78, 5) is 29.9. The number of ether oxygens (including phenoxy) is 5. The van der Waals surface area contributed by atoms with Gasteiger partial charge in [0.25, 0.3) is 5.91 Å². The van der Waals surface area contributed by atoms with E-state index in [1.165, 1.54) is 31.1 Å². The Bertz CT molecular complexity index is 1290. The molecule has 0 aromatic heterocycles. The van der Waals surface area contributed by atoms with E-state index in [0.717, 1.165) is 25.2 Å². The van der Waals surface area contributed by atoms with Crippen LogP contribution in [0.2, 0.25) is 0 Å². The molecule has 0 spiro atoms. The Morgan fingerprint density at radius 2 is 1.69 bits per heavy atom. The van der Waals surface area contributed by atoms with Gasteiger partial charge in [-0.05, 0) is 53.8 Å². The number of morpholine rings is 1. The van der Waals surface area contributed by atoms with Crippen LogP contribution >= 0.6 is 0 Å². The molecule has 1 unspecified atom stereocenters. The number of carbonyl (C=O) groups excluding carboxylic acids is 2. The minimum absolute atomic E-state index is 0.0942. The SMILES string of the molecule is COc1cc(C2C(=C([O-])c3ccc(OCC(C)C)c(C)c3)C(=O)C(=O)N2CCC[NH+]2CCOCC2)cc(OC)c1OC. The van der Waals surface area contributed by atoms with Gasteiger partial charge in [0.05, 0.1) is 53.7 Å². The smallest absolute Gasteiger partial charge is 0.295 e. The van der Waals surface area contributed by atoms with Crippen molar-refractivity contribution in [2.75, 3.05) is 67.3 Å². The number of nitrogens with one attached hydrogen (secondary N) is 1. The number of methoxy groups -OCH3 is 3. The molecule has 0 saturated carbocycles. The van der Waals surface area contributed by atoms with Gasteiger partial charge in [0, 0.05) is 18.5 Å². The van der Waals surface area contributed by atoms with Crippen molar-refractivity contribution >= 4 is 17.4 Å². The number of Topliss-reactive ketones (excluding diaryl/α,β-unsaturated/α-hetero) is 1. The van der Waals surface area contributed by atoms with E-state index in [4.69, 9.17) is 23.7 Å². The molecular weight excluding hydrogens is 540 g/mol. The lowest BCUT2D eigenvalue weighted by Gasteiger charge is -2.29. The standard InChI is InChI=1S/C32H42N2O8/c1-20(2)19-42-24-9-8-22(16-21(24)3)29(35)27-28(23-17-25(38-4)31(40-6)26(18-23)39-5)34(32(37)30(27)36)11-7-10-33-12-14-41-15-13-33/h8-9,16-18,20,28,35H,7,10-15,19H2,1-6H3. The quantitative estimate of drug-likeness (QED) is 0.228. The normalized spacial score (nSPS) is 18.9. The van der Waals surface area contributed by atoms with Crippen molar-refractivity contribution in [1.82, 2.24) is 4.90 Å². The maximum absolute atomic E-state index is 14.0. The van der Waals surface area contributed by atoms with E-state index in [1.54, 1.807) is 30.3 Å². The molecule has 42 heavy (non-hydrogen) atoms. The van der Waals surface area contributed by atoms with Gasteiger partial charge < -0.3 is 38.6 Å². The predicted molar refractivity (Wildman–Crippen MR) is 155 cm³/mol. The summed E-state index contributed by atoms with van der Waals surface area (Å²) in [6.07, 6.45) is 0.664. The Hall–Kier alpha value is -3.76. The minimum atomic E-state index is -0.914. The van der Waals surface area contributed by atoms with Crippen molar-refractivity contribution in [3.63, 3.8) is 0 Å². The van der Waals surface area contributed by atoms with Crippen LogP contribution in [0.4, 0.5) is 0 Å². The van der Waals surface area contributed by atoms with Crippen LogP contribution in [0, 0.1) is 12.8 Å². The molecule has 1 amide bonds. The molecule has 1 atom stereocenters. The first-order chi connectivity index (χ1) is 20.2. The molecule has 228 valence electrons. The number of hydrogen-bond donors (Lipinski definition) is 1. The zero-order valence-corrected chi connectivity index (χ0v) is 25.4. The van der Waals surface area contributed by atoms with Gasteiger partial charge in [-0.15, -0.1) is 0 Å². The van der Waals surface area contributed by atoms with E-state index in [0.29, 0.717) is 72.8 Å². The summed E-state index contributed by atoms with van der Waals surface area (Å²) in [6, 6.07) is 7.57. The number of nitrogens with zero attached hydrogens (tertiary/aromatic N) is 1. The summed E-state index contributed by atoms with van der Waals surface area (Å²) in [5.74, 6) is 0.148. The van der Waals surface area contributed by atoms with Crippen molar-refractivity contribution in [1.29, 1.82) is 0 Å². The fourth-order valence-electron chi connectivity index (χ4n) is 5.48. The first-order valence-corrected chi connectivity index (χ1v) is 14.4. The molecule has 2 fully saturated rings. The third-order valence-electron chi connectivity index (χ3n) is 7.67. The molecule has 0 radical (unpaired) electrons. The minimum Gasteiger partial charge on any atom is -0.872 e. The number of rotatable bonds is 12. The number of ketones is 1. The summed E-state index contributed by atoms with van der Waals surface area (Å²) < 4.78 is 27.9. The van der Waals surface area contributed by atoms with Gasteiger partial charge in [-0.25, -0.2) is 0 Å². The third-order valence-corrected chi connectivity index (χ3v) is 7.67. The Morgan fingerprint density at radius 1 is 1.02 bits per heavy atom. The molecule has 4 rings (SSSR count). The number of amides is 1. The third kappa shape index (κ3) is 6.65. The monoisotopic (exact) mass is 582 g/mol. The summed E-state index contributed by atoms with van der Waals surface area (Å²) in [6.45, 7) is 10.9. The average molecular weight is 583 g/mol. The molecule has 2 saturated heterocycles. The Labute approximate surface area is 247 Å². The number of likely N-dealkylation sites (tertiary alicyclic amines) is 1. The summed E-state index contributed by atoms with van der Waals surface area (Å²) in [5.41, 5.74) is 1.52. The second-order valence-corrected chi connectivity index (χ2v) is 11.1. The van der Waals surface area contributed by atoms with Crippen molar-refractivity contribution in [3.8, 4) is 23.0 Å². The van der Waals surface area contributed by atoms with Crippen LogP contribution in [0.25, 0.3) is 5.76 Å². The number of hydrogen-bond acceptors (Lipinski definition) is 8. The maximum atomic E-state index is 14.0. The molecule has 10 nitrogen and oxygen atoms in total. The van der Waals surface area contributed by atoms with E-state index in [-0.39, 0.29) is 5.57 Å². The number of carbonyl (C=O) groups is 2. The number of quaternary nitrogens is 1. The molecule has 1 N–H and O–H groups in total. The molecular formula is C32H42N2O8. The van der Waals surface area contributed by atoms with Crippen LogP contribution in [0.15, 0.2) is 35.9 Å². The lowest BCUT2D eigenvalue weighted by Crippen LogP contribution is -3.14. The van der Waals surface area contributed by atoms with Gasteiger partial charge in [-0.1, -0.05) is 25.7 Å². The van der Waals surface area contributed by atoms with Crippen molar-refractivity contribution in [2.45, 2.75) is 33.2 Å². The van der Waals surface area contributed by atoms with Crippen LogP contribution in [-0.4, -0.2) is 83.9 Å². The van der Waals surface area contributed by atoms with Crippen LogP contribution in [0.5, 0.6) is 23.0 Å². The van der Waals surface area contributed by atoms with Gasteiger partial charge in [-0.3, -0.25) is 9.59 Å². The second-order valence-electron chi connectivity index (χ2n) is 11.1. The van der Waals surface area contributed by atoms with Crippen molar-refractivity contribution in [3.05, 3.63) is 52.6 Å².